The Hall–Kier alpha value is -0.0400. The maximum Gasteiger partial charge on any atom is 0.0920 e. The molecule has 13 heavy (non-hydrogen) atoms. The highest BCUT2D eigenvalue weighted by atomic mass is 15.4. The van der Waals surface area contributed by atoms with Crippen LogP contribution in [0.5, 0.6) is 0 Å². The summed E-state index contributed by atoms with van der Waals surface area (Å²) in [7, 11) is 0. The summed E-state index contributed by atoms with van der Waals surface area (Å²) in [6.07, 6.45) is 9.19. The van der Waals surface area contributed by atoms with Gasteiger partial charge < -0.3 is 4.48 Å². The number of hydrogen-bond donors (Lipinski definition) is 0. The fourth-order valence-electron chi connectivity index (χ4n) is 4.65. The summed E-state index contributed by atoms with van der Waals surface area (Å²) in [4.78, 5) is 0. The summed E-state index contributed by atoms with van der Waals surface area (Å²) in [6, 6.07) is 2.16. The van der Waals surface area contributed by atoms with Crippen LogP contribution in [0.1, 0.15) is 45.4 Å². The van der Waals surface area contributed by atoms with Gasteiger partial charge in [-0.05, 0) is 12.8 Å². The third-order valence-electron chi connectivity index (χ3n) is 5.19. The highest BCUT2D eigenvalue weighted by Crippen LogP contribution is 2.46. The van der Waals surface area contributed by atoms with Gasteiger partial charge in [-0.25, -0.2) is 0 Å². The molecule has 0 saturated carbocycles. The lowest BCUT2D eigenvalue weighted by atomic mass is 9.85. The van der Waals surface area contributed by atoms with E-state index in [9.17, 15) is 0 Å². The van der Waals surface area contributed by atoms with Crippen LogP contribution in [-0.2, 0) is 0 Å². The first kappa shape index (κ1) is 8.28. The molecule has 3 heterocycles. The van der Waals surface area contributed by atoms with E-state index in [-0.39, 0.29) is 0 Å². The average molecular weight is 180 g/mol. The Kier molecular flexibility index (Phi) is 1.74. The Labute approximate surface area is 81.7 Å². The van der Waals surface area contributed by atoms with Crippen molar-refractivity contribution in [3.63, 3.8) is 0 Å². The first-order chi connectivity index (χ1) is 6.33. The summed E-state index contributed by atoms with van der Waals surface area (Å²) in [6.45, 7) is 5.56. The number of rotatable bonds is 0. The Morgan fingerprint density at radius 3 is 2.54 bits per heavy atom. The quantitative estimate of drug-likeness (QED) is 0.503. The number of hydrogen-bond acceptors (Lipinski definition) is 0. The summed E-state index contributed by atoms with van der Waals surface area (Å²) < 4.78 is 1.57. The van der Waals surface area contributed by atoms with Crippen molar-refractivity contribution < 1.29 is 4.48 Å². The van der Waals surface area contributed by atoms with Crippen molar-refractivity contribution in [2.24, 2.45) is 5.92 Å². The van der Waals surface area contributed by atoms with Crippen molar-refractivity contribution >= 4 is 0 Å². The maximum atomic E-state index is 2.50. The largest absolute Gasteiger partial charge is 0.319 e. The van der Waals surface area contributed by atoms with Crippen LogP contribution >= 0.6 is 0 Å². The van der Waals surface area contributed by atoms with Crippen LogP contribution in [0, 0.1) is 5.92 Å². The molecule has 1 unspecified atom stereocenters. The van der Waals surface area contributed by atoms with Gasteiger partial charge >= 0.3 is 0 Å². The van der Waals surface area contributed by atoms with Crippen molar-refractivity contribution in [1.29, 1.82) is 0 Å². The molecule has 0 aromatic carbocycles. The topological polar surface area (TPSA) is 0 Å². The van der Waals surface area contributed by atoms with Gasteiger partial charge in [0, 0.05) is 31.6 Å². The fraction of sp³-hybridized carbons (Fsp3) is 1.00. The van der Waals surface area contributed by atoms with Crippen LogP contribution in [0.3, 0.4) is 0 Å². The van der Waals surface area contributed by atoms with Gasteiger partial charge in [-0.1, -0.05) is 6.92 Å². The molecule has 3 saturated heterocycles. The molecule has 1 nitrogen and oxygen atoms in total. The van der Waals surface area contributed by atoms with Gasteiger partial charge in [0.15, 0.2) is 0 Å². The summed E-state index contributed by atoms with van der Waals surface area (Å²) in [5, 5.41) is 0. The monoisotopic (exact) mass is 180 g/mol. The van der Waals surface area contributed by atoms with E-state index >= 15 is 0 Å². The number of piperidine rings is 1. The minimum absolute atomic E-state index is 1.02. The minimum Gasteiger partial charge on any atom is -0.319 e. The number of quaternary nitrogens is 1. The molecule has 0 aromatic rings. The smallest absolute Gasteiger partial charge is 0.0920 e. The SMILES string of the molecule is C[C@@H]1CC[C@H]2CCC[N+]23CCC[C@@H]13. The molecule has 3 fully saturated rings. The molecular weight excluding hydrogens is 158 g/mol. The molecule has 0 bridgehead atoms. The van der Waals surface area contributed by atoms with Gasteiger partial charge in [0.1, 0.15) is 0 Å². The normalized spacial score (nSPS) is 54.7. The zero-order valence-electron chi connectivity index (χ0n) is 8.84. The van der Waals surface area contributed by atoms with E-state index in [0.29, 0.717) is 0 Å². The molecule has 1 spiro atoms. The van der Waals surface area contributed by atoms with Crippen LogP contribution in [0.4, 0.5) is 0 Å². The molecule has 0 aliphatic carbocycles. The van der Waals surface area contributed by atoms with E-state index in [0.717, 1.165) is 18.0 Å². The van der Waals surface area contributed by atoms with Crippen molar-refractivity contribution in [2.45, 2.75) is 57.5 Å². The van der Waals surface area contributed by atoms with E-state index in [1.54, 1.807) is 10.9 Å². The first-order valence-electron chi connectivity index (χ1n) is 6.19. The van der Waals surface area contributed by atoms with E-state index in [4.69, 9.17) is 0 Å². The van der Waals surface area contributed by atoms with Crippen LogP contribution < -0.4 is 0 Å². The molecule has 74 valence electrons. The lowest BCUT2D eigenvalue weighted by Crippen LogP contribution is -2.59. The van der Waals surface area contributed by atoms with E-state index in [1.165, 1.54) is 45.2 Å². The highest BCUT2D eigenvalue weighted by Gasteiger charge is 2.54. The second-order valence-electron chi connectivity index (χ2n) is 5.61. The predicted octanol–water partition coefficient (Wildman–Crippen LogP) is 2.56. The summed E-state index contributed by atoms with van der Waals surface area (Å²) in [5.41, 5.74) is 0. The van der Waals surface area contributed by atoms with Crippen molar-refractivity contribution in [2.75, 3.05) is 13.1 Å². The van der Waals surface area contributed by atoms with Crippen LogP contribution in [0.15, 0.2) is 0 Å². The third kappa shape index (κ3) is 0.971. The third-order valence-corrected chi connectivity index (χ3v) is 5.19. The van der Waals surface area contributed by atoms with E-state index < -0.39 is 0 Å². The molecule has 0 amide bonds. The second kappa shape index (κ2) is 2.73. The Balaban J connectivity index is 1.95. The molecule has 3 rings (SSSR count). The lowest BCUT2D eigenvalue weighted by molar-refractivity contribution is -0.958. The van der Waals surface area contributed by atoms with Crippen molar-refractivity contribution in [1.82, 2.24) is 0 Å². The first-order valence-corrected chi connectivity index (χ1v) is 6.19. The van der Waals surface area contributed by atoms with Crippen molar-refractivity contribution in [3.05, 3.63) is 0 Å². The maximum absolute atomic E-state index is 2.50. The predicted molar refractivity (Wildman–Crippen MR) is 54.4 cm³/mol. The standard InChI is InChI=1S/C12H22N/c1-10-6-7-11-4-2-8-13(11)9-3-5-12(10)13/h10-12H,2-9H2,1H3/q+1/t10-,11-,12+,13?/m1/s1. The molecular formula is C12H22N+. The summed E-state index contributed by atoms with van der Waals surface area (Å²) >= 11 is 0. The minimum atomic E-state index is 1.02. The zero-order chi connectivity index (χ0) is 8.89. The fourth-order valence-corrected chi connectivity index (χ4v) is 4.65. The number of nitrogens with zero attached hydrogens (tertiary/aromatic N) is 1. The van der Waals surface area contributed by atoms with Gasteiger partial charge in [0.2, 0.25) is 0 Å². The lowest BCUT2D eigenvalue weighted by Gasteiger charge is -2.48. The van der Waals surface area contributed by atoms with E-state index in [2.05, 4.69) is 6.92 Å². The van der Waals surface area contributed by atoms with Crippen LogP contribution in [0.25, 0.3) is 0 Å². The zero-order valence-corrected chi connectivity index (χ0v) is 8.84. The van der Waals surface area contributed by atoms with Crippen LogP contribution in [-0.4, -0.2) is 29.7 Å². The molecule has 3 aliphatic heterocycles. The molecule has 0 N–H and O–H groups in total. The summed E-state index contributed by atoms with van der Waals surface area (Å²) in [5.74, 6) is 1.02. The highest BCUT2D eigenvalue weighted by molar-refractivity contribution is 4.85. The van der Waals surface area contributed by atoms with Crippen molar-refractivity contribution in [3.8, 4) is 0 Å². The Morgan fingerprint density at radius 1 is 0.923 bits per heavy atom. The molecule has 0 radical (unpaired) electrons. The average Bonchev–Trinajstić information content (AvgIpc) is 2.70. The Bertz CT molecular complexity index is 209. The molecule has 3 aliphatic rings. The van der Waals surface area contributed by atoms with E-state index in [1.807, 2.05) is 0 Å². The van der Waals surface area contributed by atoms with Gasteiger partial charge in [0.25, 0.3) is 0 Å². The molecule has 4 atom stereocenters. The van der Waals surface area contributed by atoms with Gasteiger partial charge in [-0.2, -0.15) is 0 Å². The molecule has 0 aromatic heterocycles. The van der Waals surface area contributed by atoms with Gasteiger partial charge in [-0.15, -0.1) is 0 Å². The second-order valence-corrected chi connectivity index (χ2v) is 5.61. The molecule has 1 heteroatoms. The van der Waals surface area contributed by atoms with Crippen LogP contribution in [0.2, 0.25) is 0 Å². The van der Waals surface area contributed by atoms with Gasteiger partial charge in [0.05, 0.1) is 25.2 Å². The van der Waals surface area contributed by atoms with Gasteiger partial charge in [-0.3, -0.25) is 0 Å². The Morgan fingerprint density at radius 2 is 1.69 bits per heavy atom.